The van der Waals surface area contributed by atoms with Gasteiger partial charge in [-0.1, -0.05) is 6.07 Å². The van der Waals surface area contributed by atoms with E-state index < -0.39 is 6.03 Å². The summed E-state index contributed by atoms with van der Waals surface area (Å²) in [6, 6.07) is 5.21. The molecule has 6 heteroatoms. The monoisotopic (exact) mass is 230 g/mol. The highest BCUT2D eigenvalue weighted by Gasteiger charge is 2.26. The van der Waals surface area contributed by atoms with Crippen LogP contribution < -0.4 is 10.2 Å². The lowest BCUT2D eigenvalue weighted by Crippen LogP contribution is -2.50. The standard InChI is InChI=1S/C11H10N4O2/c16-9-4-6-15(11(17)13-9)10-7-12-8-3-1-2-5-14(8)10/h1-3,5,7H,4,6H2,(H,13,16,17). The number of rotatable bonds is 1. The largest absolute Gasteiger partial charge is 0.329 e. The number of carbonyl (C=O) groups is 2. The number of anilines is 1. The number of nitrogens with one attached hydrogen (secondary N) is 1. The minimum absolute atomic E-state index is 0.236. The quantitative estimate of drug-likeness (QED) is 0.787. The molecule has 0 aromatic carbocycles. The van der Waals surface area contributed by atoms with E-state index >= 15 is 0 Å². The van der Waals surface area contributed by atoms with Gasteiger partial charge in [-0.3, -0.25) is 19.4 Å². The second kappa shape index (κ2) is 3.58. The fraction of sp³-hybridized carbons (Fsp3) is 0.182. The molecule has 0 saturated carbocycles. The zero-order valence-corrected chi connectivity index (χ0v) is 8.96. The zero-order valence-electron chi connectivity index (χ0n) is 8.96. The van der Waals surface area contributed by atoms with Crippen LogP contribution in [0, 0.1) is 0 Å². The molecule has 3 heterocycles. The number of pyridine rings is 1. The number of fused-ring (bicyclic) bond motifs is 1. The van der Waals surface area contributed by atoms with Crippen molar-refractivity contribution in [3.8, 4) is 0 Å². The van der Waals surface area contributed by atoms with Crippen molar-refractivity contribution in [2.75, 3.05) is 11.4 Å². The van der Waals surface area contributed by atoms with E-state index in [9.17, 15) is 9.59 Å². The summed E-state index contributed by atoms with van der Waals surface area (Å²) in [7, 11) is 0. The van der Waals surface area contributed by atoms with Crippen molar-refractivity contribution in [3.63, 3.8) is 0 Å². The fourth-order valence-corrected chi connectivity index (χ4v) is 1.90. The number of urea groups is 1. The second-order valence-corrected chi connectivity index (χ2v) is 3.80. The molecular weight excluding hydrogens is 220 g/mol. The van der Waals surface area contributed by atoms with Crippen LogP contribution in [0.3, 0.4) is 0 Å². The number of aromatic nitrogens is 2. The van der Waals surface area contributed by atoms with Gasteiger partial charge < -0.3 is 0 Å². The molecule has 1 saturated heterocycles. The summed E-state index contributed by atoms with van der Waals surface area (Å²) in [5.41, 5.74) is 0.771. The SMILES string of the molecule is O=C1CCN(c2cnc3ccccn23)C(=O)N1. The molecule has 0 unspecified atom stereocenters. The van der Waals surface area contributed by atoms with Gasteiger partial charge in [0.2, 0.25) is 5.91 Å². The lowest BCUT2D eigenvalue weighted by Gasteiger charge is -2.25. The lowest BCUT2D eigenvalue weighted by molar-refractivity contribution is -0.120. The molecule has 2 aromatic heterocycles. The minimum atomic E-state index is -0.396. The predicted molar refractivity (Wildman–Crippen MR) is 60.7 cm³/mol. The molecule has 17 heavy (non-hydrogen) atoms. The second-order valence-electron chi connectivity index (χ2n) is 3.80. The molecule has 2 aromatic rings. The molecule has 0 aliphatic carbocycles. The third-order valence-corrected chi connectivity index (χ3v) is 2.73. The summed E-state index contributed by atoms with van der Waals surface area (Å²) >= 11 is 0. The van der Waals surface area contributed by atoms with Crippen LogP contribution in [-0.4, -0.2) is 27.9 Å². The van der Waals surface area contributed by atoms with E-state index in [0.717, 1.165) is 5.65 Å². The molecule has 0 spiro atoms. The van der Waals surface area contributed by atoms with Crippen LogP contribution in [0.25, 0.3) is 5.65 Å². The number of imidazole rings is 1. The van der Waals surface area contributed by atoms with Gasteiger partial charge in [-0.05, 0) is 12.1 Å². The zero-order chi connectivity index (χ0) is 11.8. The van der Waals surface area contributed by atoms with E-state index in [-0.39, 0.29) is 5.91 Å². The molecule has 1 N–H and O–H groups in total. The minimum Gasteiger partial charge on any atom is -0.286 e. The van der Waals surface area contributed by atoms with Crippen molar-refractivity contribution >= 4 is 23.4 Å². The average molecular weight is 230 g/mol. The van der Waals surface area contributed by atoms with Gasteiger partial charge in [0.1, 0.15) is 11.5 Å². The third kappa shape index (κ3) is 1.54. The van der Waals surface area contributed by atoms with Crippen LogP contribution in [0.2, 0.25) is 0 Å². The van der Waals surface area contributed by atoms with Crippen LogP contribution in [0.15, 0.2) is 30.6 Å². The predicted octanol–water partition coefficient (Wildman–Crippen LogP) is 0.781. The first kappa shape index (κ1) is 9.83. The number of imide groups is 1. The number of nitrogens with zero attached hydrogens (tertiary/aromatic N) is 3. The van der Waals surface area contributed by atoms with Crippen molar-refractivity contribution in [1.29, 1.82) is 0 Å². The Morgan fingerprint density at radius 3 is 3.00 bits per heavy atom. The Kier molecular flexibility index (Phi) is 2.07. The van der Waals surface area contributed by atoms with Gasteiger partial charge in [0, 0.05) is 19.2 Å². The van der Waals surface area contributed by atoms with Crippen molar-refractivity contribution in [1.82, 2.24) is 14.7 Å². The highest BCUT2D eigenvalue weighted by Crippen LogP contribution is 2.18. The molecule has 0 atom stereocenters. The molecule has 1 aliphatic rings. The fourth-order valence-electron chi connectivity index (χ4n) is 1.90. The first-order chi connectivity index (χ1) is 8.25. The number of carbonyl (C=O) groups excluding carboxylic acids is 2. The van der Waals surface area contributed by atoms with Gasteiger partial charge in [0.05, 0.1) is 6.20 Å². The maximum atomic E-state index is 11.7. The van der Waals surface area contributed by atoms with Crippen LogP contribution in [0.5, 0.6) is 0 Å². The highest BCUT2D eigenvalue weighted by molar-refractivity contribution is 6.05. The molecule has 3 amide bonds. The average Bonchev–Trinajstić information content (AvgIpc) is 2.73. The highest BCUT2D eigenvalue weighted by atomic mass is 16.2. The van der Waals surface area contributed by atoms with Gasteiger partial charge in [-0.15, -0.1) is 0 Å². The molecule has 0 bridgehead atoms. The van der Waals surface area contributed by atoms with E-state index in [0.29, 0.717) is 18.8 Å². The van der Waals surface area contributed by atoms with Crippen molar-refractivity contribution in [2.45, 2.75) is 6.42 Å². The van der Waals surface area contributed by atoms with E-state index in [4.69, 9.17) is 0 Å². The number of hydrogen-bond acceptors (Lipinski definition) is 3. The van der Waals surface area contributed by atoms with Crippen LogP contribution >= 0.6 is 0 Å². The Bertz CT molecular complexity index is 604. The Morgan fingerprint density at radius 2 is 2.18 bits per heavy atom. The molecule has 86 valence electrons. The third-order valence-electron chi connectivity index (χ3n) is 2.73. The first-order valence-corrected chi connectivity index (χ1v) is 5.29. The molecular formula is C11H10N4O2. The van der Waals surface area contributed by atoms with E-state index in [2.05, 4.69) is 10.3 Å². The molecule has 0 radical (unpaired) electrons. The number of amides is 3. The first-order valence-electron chi connectivity index (χ1n) is 5.29. The van der Waals surface area contributed by atoms with Gasteiger partial charge in [-0.2, -0.15) is 0 Å². The normalized spacial score (nSPS) is 16.4. The van der Waals surface area contributed by atoms with Gasteiger partial charge in [0.15, 0.2) is 0 Å². The Labute approximate surface area is 96.9 Å². The van der Waals surface area contributed by atoms with Gasteiger partial charge in [-0.25, -0.2) is 9.78 Å². The Hall–Kier alpha value is -2.37. The molecule has 1 aliphatic heterocycles. The van der Waals surface area contributed by atoms with Crippen LogP contribution in [0.1, 0.15) is 6.42 Å². The van der Waals surface area contributed by atoms with E-state index in [1.54, 1.807) is 6.20 Å². The molecule has 3 rings (SSSR count). The van der Waals surface area contributed by atoms with Crippen LogP contribution in [0.4, 0.5) is 10.6 Å². The Morgan fingerprint density at radius 1 is 1.29 bits per heavy atom. The summed E-state index contributed by atoms with van der Waals surface area (Å²) in [5.74, 6) is 0.436. The maximum Gasteiger partial charge on any atom is 0.329 e. The topological polar surface area (TPSA) is 66.7 Å². The van der Waals surface area contributed by atoms with E-state index in [1.165, 1.54) is 4.90 Å². The van der Waals surface area contributed by atoms with Crippen molar-refractivity contribution in [3.05, 3.63) is 30.6 Å². The Balaban J connectivity index is 2.04. The summed E-state index contributed by atoms with van der Waals surface area (Å²) in [5, 5.41) is 2.29. The summed E-state index contributed by atoms with van der Waals surface area (Å²) in [6.07, 6.45) is 3.78. The summed E-state index contributed by atoms with van der Waals surface area (Å²) in [6.45, 7) is 0.382. The molecule has 6 nitrogen and oxygen atoms in total. The van der Waals surface area contributed by atoms with Crippen molar-refractivity contribution in [2.24, 2.45) is 0 Å². The summed E-state index contributed by atoms with van der Waals surface area (Å²) in [4.78, 5) is 28.5. The van der Waals surface area contributed by atoms with Crippen LogP contribution in [-0.2, 0) is 4.79 Å². The smallest absolute Gasteiger partial charge is 0.286 e. The van der Waals surface area contributed by atoms with Gasteiger partial charge >= 0.3 is 6.03 Å². The number of hydrogen-bond donors (Lipinski definition) is 1. The van der Waals surface area contributed by atoms with E-state index in [1.807, 2.05) is 28.8 Å². The maximum absolute atomic E-state index is 11.7. The van der Waals surface area contributed by atoms with Gasteiger partial charge in [0.25, 0.3) is 0 Å². The summed E-state index contributed by atoms with van der Waals surface area (Å²) < 4.78 is 1.81. The molecule has 1 fully saturated rings. The van der Waals surface area contributed by atoms with Crippen molar-refractivity contribution < 1.29 is 9.59 Å². The lowest BCUT2D eigenvalue weighted by atomic mass is 10.3.